The SMILES string of the molecule is CC(C)(C)c1cccnn1.CC(C)(C)c1ccnnc1.CC(C)(C)c1ccnnc1. The maximum Gasteiger partial charge on any atom is 0.0684 e. The lowest BCUT2D eigenvalue weighted by Gasteiger charge is -2.16. The van der Waals surface area contributed by atoms with Crippen LogP contribution in [0.25, 0.3) is 0 Å². The standard InChI is InChI=1S/3C8H12N2/c2*1-8(2,3)7-4-5-9-10-6-7;1-8(2,3)7-5-4-6-9-10-7/h3*4-6H,1-3H3. The second-order valence-electron chi connectivity index (χ2n) is 10.1. The van der Waals surface area contributed by atoms with Crippen molar-refractivity contribution in [2.24, 2.45) is 0 Å². The van der Waals surface area contributed by atoms with Crippen molar-refractivity contribution in [2.45, 2.75) is 78.6 Å². The predicted octanol–water partition coefficient (Wildman–Crippen LogP) is 5.32. The Labute approximate surface area is 181 Å². The zero-order valence-electron chi connectivity index (χ0n) is 19.9. The fraction of sp³-hybridized carbons (Fsp3) is 0.500. The normalized spacial score (nSPS) is 11.5. The second kappa shape index (κ2) is 10.9. The molecule has 0 saturated heterocycles. The van der Waals surface area contributed by atoms with E-state index in [1.54, 1.807) is 31.0 Å². The molecule has 0 aromatic carbocycles. The van der Waals surface area contributed by atoms with Crippen molar-refractivity contribution < 1.29 is 0 Å². The molecule has 0 aliphatic heterocycles. The number of rotatable bonds is 0. The van der Waals surface area contributed by atoms with Crippen molar-refractivity contribution in [1.29, 1.82) is 0 Å². The van der Waals surface area contributed by atoms with Crippen LogP contribution < -0.4 is 0 Å². The molecule has 162 valence electrons. The van der Waals surface area contributed by atoms with Crippen LogP contribution in [0.4, 0.5) is 0 Å². The van der Waals surface area contributed by atoms with Crippen molar-refractivity contribution in [3.05, 3.63) is 72.1 Å². The highest BCUT2D eigenvalue weighted by Crippen LogP contribution is 2.20. The van der Waals surface area contributed by atoms with Gasteiger partial charge in [-0.15, -0.1) is 0 Å². The Morgan fingerprint density at radius 1 is 0.500 bits per heavy atom. The van der Waals surface area contributed by atoms with Gasteiger partial charge in [-0.05, 0) is 46.2 Å². The summed E-state index contributed by atoms with van der Waals surface area (Å²) in [6.07, 6.45) is 8.75. The quantitative estimate of drug-likeness (QED) is 0.501. The van der Waals surface area contributed by atoms with Crippen LogP contribution in [0.1, 0.15) is 79.1 Å². The predicted molar refractivity (Wildman–Crippen MR) is 122 cm³/mol. The molecule has 3 aromatic heterocycles. The molecule has 0 aliphatic rings. The maximum atomic E-state index is 4.00. The number of hydrogen-bond acceptors (Lipinski definition) is 6. The molecule has 3 aromatic rings. The van der Waals surface area contributed by atoms with Crippen molar-refractivity contribution in [3.8, 4) is 0 Å². The number of nitrogens with zero attached hydrogens (tertiary/aromatic N) is 6. The van der Waals surface area contributed by atoms with E-state index in [4.69, 9.17) is 0 Å². The van der Waals surface area contributed by atoms with E-state index in [0.717, 1.165) is 5.69 Å². The molecule has 0 saturated carbocycles. The lowest BCUT2D eigenvalue weighted by molar-refractivity contribution is 0.558. The van der Waals surface area contributed by atoms with E-state index in [9.17, 15) is 0 Å². The Morgan fingerprint density at radius 2 is 0.967 bits per heavy atom. The average Bonchev–Trinajstić information content (AvgIpc) is 2.69. The summed E-state index contributed by atoms with van der Waals surface area (Å²) in [6.45, 7) is 19.3. The van der Waals surface area contributed by atoms with E-state index in [1.807, 2.05) is 24.3 Å². The summed E-state index contributed by atoms with van der Waals surface area (Å²) in [5, 5.41) is 22.8. The van der Waals surface area contributed by atoms with Gasteiger partial charge in [0.2, 0.25) is 0 Å². The Bertz CT molecular complexity index is 712. The van der Waals surface area contributed by atoms with Gasteiger partial charge < -0.3 is 0 Å². The third-order valence-electron chi connectivity index (χ3n) is 4.24. The van der Waals surface area contributed by atoms with Crippen molar-refractivity contribution in [3.63, 3.8) is 0 Å². The van der Waals surface area contributed by atoms with Crippen LogP contribution >= 0.6 is 0 Å². The van der Waals surface area contributed by atoms with E-state index in [1.165, 1.54) is 11.1 Å². The van der Waals surface area contributed by atoms with Crippen LogP contribution in [0.3, 0.4) is 0 Å². The molecular weight excluding hydrogens is 372 g/mol. The second-order valence-corrected chi connectivity index (χ2v) is 10.1. The van der Waals surface area contributed by atoms with Crippen LogP contribution in [-0.4, -0.2) is 30.6 Å². The van der Waals surface area contributed by atoms with Gasteiger partial charge in [0.1, 0.15) is 0 Å². The summed E-state index contributed by atoms with van der Waals surface area (Å²) in [7, 11) is 0. The van der Waals surface area contributed by atoms with Crippen LogP contribution in [0.2, 0.25) is 0 Å². The molecule has 0 atom stereocenters. The van der Waals surface area contributed by atoms with E-state index in [0.29, 0.717) is 0 Å². The van der Waals surface area contributed by atoms with Gasteiger partial charge in [0, 0.05) is 24.0 Å². The molecule has 0 spiro atoms. The molecule has 6 nitrogen and oxygen atoms in total. The Hall–Kier alpha value is -2.76. The van der Waals surface area contributed by atoms with Gasteiger partial charge in [0.25, 0.3) is 0 Å². The number of aromatic nitrogens is 6. The zero-order valence-corrected chi connectivity index (χ0v) is 19.9. The lowest BCUT2D eigenvalue weighted by Crippen LogP contribution is -2.13. The van der Waals surface area contributed by atoms with Gasteiger partial charge in [-0.25, -0.2) is 0 Å². The highest BCUT2D eigenvalue weighted by molar-refractivity contribution is 5.16. The third-order valence-corrected chi connectivity index (χ3v) is 4.24. The van der Waals surface area contributed by atoms with E-state index < -0.39 is 0 Å². The first kappa shape index (κ1) is 25.3. The summed E-state index contributed by atoms with van der Waals surface area (Å²) in [6, 6.07) is 7.89. The topological polar surface area (TPSA) is 77.3 Å². The summed E-state index contributed by atoms with van der Waals surface area (Å²) in [4.78, 5) is 0. The van der Waals surface area contributed by atoms with E-state index in [-0.39, 0.29) is 16.2 Å². The Morgan fingerprint density at radius 3 is 1.17 bits per heavy atom. The summed E-state index contributed by atoms with van der Waals surface area (Å²) in [5.74, 6) is 0. The Balaban J connectivity index is 0.000000225. The summed E-state index contributed by atoms with van der Waals surface area (Å²) >= 11 is 0. The van der Waals surface area contributed by atoms with E-state index >= 15 is 0 Å². The van der Waals surface area contributed by atoms with Crippen molar-refractivity contribution in [2.75, 3.05) is 0 Å². The third kappa shape index (κ3) is 9.63. The highest BCUT2D eigenvalue weighted by atomic mass is 15.1. The molecule has 6 heteroatoms. The lowest BCUT2D eigenvalue weighted by atomic mass is 9.89. The van der Waals surface area contributed by atoms with Gasteiger partial charge in [0.15, 0.2) is 0 Å². The molecule has 0 fully saturated rings. The average molecular weight is 409 g/mol. The molecule has 0 amide bonds. The first-order valence-electron chi connectivity index (χ1n) is 10.1. The van der Waals surface area contributed by atoms with Gasteiger partial charge in [-0.1, -0.05) is 62.3 Å². The van der Waals surface area contributed by atoms with Gasteiger partial charge in [-0.2, -0.15) is 30.6 Å². The largest absolute Gasteiger partial charge is 0.159 e. The first-order chi connectivity index (χ1) is 13.8. The zero-order chi connectivity index (χ0) is 22.8. The van der Waals surface area contributed by atoms with Crippen LogP contribution in [0, 0.1) is 0 Å². The van der Waals surface area contributed by atoms with Crippen molar-refractivity contribution >= 4 is 0 Å². The molecule has 30 heavy (non-hydrogen) atoms. The molecule has 0 aliphatic carbocycles. The summed E-state index contributed by atoms with van der Waals surface area (Å²) in [5.41, 5.74) is 3.99. The maximum absolute atomic E-state index is 4.00. The van der Waals surface area contributed by atoms with Gasteiger partial charge in [-0.3, -0.25) is 0 Å². The monoisotopic (exact) mass is 408 g/mol. The van der Waals surface area contributed by atoms with Crippen LogP contribution in [-0.2, 0) is 16.2 Å². The molecule has 0 unspecified atom stereocenters. The molecule has 0 N–H and O–H groups in total. The minimum absolute atomic E-state index is 0.119. The van der Waals surface area contributed by atoms with Gasteiger partial charge in [0.05, 0.1) is 18.1 Å². The van der Waals surface area contributed by atoms with Crippen molar-refractivity contribution in [1.82, 2.24) is 30.6 Å². The first-order valence-corrected chi connectivity index (χ1v) is 10.1. The van der Waals surface area contributed by atoms with Gasteiger partial charge >= 0.3 is 0 Å². The number of hydrogen-bond donors (Lipinski definition) is 0. The molecule has 0 radical (unpaired) electrons. The summed E-state index contributed by atoms with van der Waals surface area (Å²) < 4.78 is 0. The fourth-order valence-electron chi connectivity index (χ4n) is 2.17. The smallest absolute Gasteiger partial charge is 0.0684 e. The minimum atomic E-state index is 0.119. The Kier molecular flexibility index (Phi) is 9.15. The minimum Gasteiger partial charge on any atom is -0.159 e. The van der Waals surface area contributed by atoms with Crippen LogP contribution in [0.5, 0.6) is 0 Å². The fourth-order valence-corrected chi connectivity index (χ4v) is 2.17. The highest BCUT2D eigenvalue weighted by Gasteiger charge is 2.14. The molecule has 3 rings (SSSR count). The van der Waals surface area contributed by atoms with E-state index in [2.05, 4.69) is 92.9 Å². The van der Waals surface area contributed by atoms with Crippen LogP contribution in [0.15, 0.2) is 55.2 Å². The molecular formula is C24H36N6. The molecule has 0 bridgehead atoms. The molecule has 3 heterocycles.